The second-order valence-electron chi connectivity index (χ2n) is 6.04. The van der Waals surface area contributed by atoms with Crippen LogP contribution in [-0.2, 0) is 4.79 Å². The average Bonchev–Trinajstić information content (AvgIpc) is 2.35. The van der Waals surface area contributed by atoms with Crippen LogP contribution in [0.5, 0.6) is 5.75 Å². The molecule has 4 nitrogen and oxygen atoms in total. The number of carbonyl (C=O) groups is 1. The lowest BCUT2D eigenvalue weighted by Crippen LogP contribution is -2.16. The van der Waals surface area contributed by atoms with Gasteiger partial charge in [0.15, 0.2) is 0 Å². The van der Waals surface area contributed by atoms with Crippen LogP contribution in [0.3, 0.4) is 0 Å². The van der Waals surface area contributed by atoms with Crippen LogP contribution in [0.15, 0.2) is 23.2 Å². The molecule has 4 heteroatoms. The van der Waals surface area contributed by atoms with E-state index in [1.807, 2.05) is 31.3 Å². The van der Waals surface area contributed by atoms with Crippen molar-refractivity contribution in [1.82, 2.24) is 0 Å². The molecule has 0 radical (unpaired) electrons. The minimum absolute atomic E-state index is 0.132. The first-order chi connectivity index (χ1) is 9.31. The zero-order valence-corrected chi connectivity index (χ0v) is 13.0. The predicted octanol–water partition coefficient (Wildman–Crippen LogP) is 3.45. The van der Waals surface area contributed by atoms with Crippen LogP contribution in [0.4, 0.5) is 5.69 Å². The van der Waals surface area contributed by atoms with Crippen molar-refractivity contribution in [3.05, 3.63) is 23.8 Å². The standard InChI is InChI=1S/C16H24N2O2/c1-12-6-7-13(14(10-12)20-5)18-15(19)11-17-9-8-16(2,3)4/h6-7,9-10H,8,11H2,1-5H3,(H,18,19)/b17-9+. The Hall–Kier alpha value is -1.84. The largest absolute Gasteiger partial charge is 0.495 e. The van der Waals surface area contributed by atoms with Crippen molar-refractivity contribution in [1.29, 1.82) is 0 Å². The van der Waals surface area contributed by atoms with Crippen molar-refractivity contribution in [2.75, 3.05) is 19.0 Å². The molecule has 0 fully saturated rings. The Morgan fingerprint density at radius 1 is 1.40 bits per heavy atom. The van der Waals surface area contributed by atoms with Crippen LogP contribution in [-0.4, -0.2) is 25.8 Å². The van der Waals surface area contributed by atoms with Gasteiger partial charge < -0.3 is 10.1 Å². The molecular weight excluding hydrogens is 252 g/mol. The molecule has 1 aromatic carbocycles. The molecule has 1 N–H and O–H groups in total. The highest BCUT2D eigenvalue weighted by atomic mass is 16.5. The Balaban J connectivity index is 2.55. The number of methoxy groups -OCH3 is 1. The van der Waals surface area contributed by atoms with Crippen LogP contribution in [0.25, 0.3) is 0 Å². The van der Waals surface area contributed by atoms with E-state index in [0.29, 0.717) is 11.4 Å². The van der Waals surface area contributed by atoms with E-state index in [1.54, 1.807) is 7.11 Å². The Morgan fingerprint density at radius 2 is 2.10 bits per heavy atom. The normalized spacial score (nSPS) is 11.7. The first-order valence-electron chi connectivity index (χ1n) is 6.74. The Labute approximate surface area is 121 Å². The number of anilines is 1. The van der Waals surface area contributed by atoms with Crippen LogP contribution in [0.2, 0.25) is 0 Å². The number of nitrogens with zero attached hydrogens (tertiary/aromatic N) is 1. The minimum Gasteiger partial charge on any atom is -0.495 e. The number of benzene rings is 1. The SMILES string of the molecule is COc1cc(C)ccc1NC(=O)C/N=C/CC(C)(C)C. The van der Waals surface area contributed by atoms with Gasteiger partial charge in [0.1, 0.15) is 12.3 Å². The molecule has 0 saturated heterocycles. The summed E-state index contributed by atoms with van der Waals surface area (Å²) < 4.78 is 5.24. The smallest absolute Gasteiger partial charge is 0.246 e. The molecule has 0 unspecified atom stereocenters. The van der Waals surface area contributed by atoms with E-state index in [2.05, 4.69) is 31.1 Å². The molecule has 20 heavy (non-hydrogen) atoms. The lowest BCUT2D eigenvalue weighted by atomic mass is 9.93. The molecule has 0 bridgehead atoms. The number of hydrogen-bond donors (Lipinski definition) is 1. The molecule has 1 amide bonds. The van der Waals surface area contributed by atoms with Crippen LogP contribution in [0, 0.1) is 12.3 Å². The summed E-state index contributed by atoms with van der Waals surface area (Å²) in [7, 11) is 1.59. The summed E-state index contributed by atoms with van der Waals surface area (Å²) in [6.45, 7) is 8.51. The predicted molar refractivity (Wildman–Crippen MR) is 83.8 cm³/mol. The average molecular weight is 276 g/mol. The molecule has 0 heterocycles. The number of carbonyl (C=O) groups excluding carboxylic acids is 1. The van der Waals surface area contributed by atoms with Crippen LogP contribution < -0.4 is 10.1 Å². The second kappa shape index (κ2) is 7.08. The number of aliphatic imine (C=N–C) groups is 1. The fourth-order valence-corrected chi connectivity index (χ4v) is 1.58. The second-order valence-corrected chi connectivity index (χ2v) is 6.04. The van der Waals surface area contributed by atoms with Gasteiger partial charge in [-0.15, -0.1) is 0 Å². The number of ether oxygens (including phenoxy) is 1. The third-order valence-electron chi connectivity index (χ3n) is 2.70. The molecule has 0 saturated carbocycles. The lowest BCUT2D eigenvalue weighted by molar-refractivity contribution is -0.114. The molecule has 0 spiro atoms. The topological polar surface area (TPSA) is 50.7 Å². The molecule has 1 rings (SSSR count). The van der Waals surface area contributed by atoms with Gasteiger partial charge in [-0.25, -0.2) is 0 Å². The zero-order valence-electron chi connectivity index (χ0n) is 13.0. The highest BCUT2D eigenvalue weighted by Crippen LogP contribution is 2.25. The lowest BCUT2D eigenvalue weighted by Gasteiger charge is -2.13. The van der Waals surface area contributed by atoms with E-state index in [9.17, 15) is 4.79 Å². The van der Waals surface area contributed by atoms with Crippen molar-refractivity contribution in [3.8, 4) is 5.75 Å². The maximum absolute atomic E-state index is 11.8. The van der Waals surface area contributed by atoms with Crippen molar-refractivity contribution in [2.24, 2.45) is 10.4 Å². The number of rotatable bonds is 5. The summed E-state index contributed by atoms with van der Waals surface area (Å²) in [6.07, 6.45) is 2.67. The monoisotopic (exact) mass is 276 g/mol. The van der Waals surface area contributed by atoms with Crippen molar-refractivity contribution >= 4 is 17.8 Å². The van der Waals surface area contributed by atoms with Crippen LogP contribution >= 0.6 is 0 Å². The van der Waals surface area contributed by atoms with Gasteiger partial charge in [0.05, 0.1) is 12.8 Å². The maximum Gasteiger partial charge on any atom is 0.246 e. The van der Waals surface area contributed by atoms with Gasteiger partial charge in [-0.2, -0.15) is 0 Å². The number of nitrogens with one attached hydrogen (secondary N) is 1. The van der Waals surface area contributed by atoms with Crippen molar-refractivity contribution in [2.45, 2.75) is 34.1 Å². The van der Waals surface area contributed by atoms with Crippen LogP contribution in [0.1, 0.15) is 32.8 Å². The Bertz CT molecular complexity index is 488. The molecule has 0 atom stereocenters. The molecular formula is C16H24N2O2. The summed E-state index contributed by atoms with van der Waals surface area (Å²) in [5.74, 6) is 0.523. The third-order valence-corrected chi connectivity index (χ3v) is 2.70. The molecule has 0 aliphatic heterocycles. The van der Waals surface area contributed by atoms with Gasteiger partial charge in [-0.1, -0.05) is 26.8 Å². The summed E-state index contributed by atoms with van der Waals surface area (Å²) in [5, 5.41) is 2.81. The highest BCUT2D eigenvalue weighted by Gasteiger charge is 2.08. The fraction of sp³-hybridized carbons (Fsp3) is 0.500. The van der Waals surface area contributed by atoms with Gasteiger partial charge in [-0.3, -0.25) is 9.79 Å². The summed E-state index contributed by atoms with van der Waals surface area (Å²) in [6, 6.07) is 5.66. The van der Waals surface area contributed by atoms with Gasteiger partial charge >= 0.3 is 0 Å². The van der Waals surface area contributed by atoms with E-state index in [1.165, 1.54) is 0 Å². The first kappa shape index (κ1) is 16.2. The number of hydrogen-bond acceptors (Lipinski definition) is 3. The van der Waals surface area contributed by atoms with E-state index in [-0.39, 0.29) is 17.9 Å². The Kier molecular flexibility index (Phi) is 5.74. The summed E-state index contributed by atoms with van der Waals surface area (Å²) in [5.41, 5.74) is 1.96. The van der Waals surface area contributed by atoms with Gasteiger partial charge in [0.2, 0.25) is 5.91 Å². The van der Waals surface area contributed by atoms with Gasteiger partial charge in [-0.05, 0) is 42.7 Å². The molecule has 0 aliphatic carbocycles. The third kappa shape index (κ3) is 5.87. The molecule has 110 valence electrons. The summed E-state index contributed by atoms with van der Waals surface area (Å²) in [4.78, 5) is 16.0. The van der Waals surface area contributed by atoms with E-state index < -0.39 is 0 Å². The fourth-order valence-electron chi connectivity index (χ4n) is 1.58. The number of aryl methyl sites for hydroxylation is 1. The molecule has 0 aliphatic rings. The quantitative estimate of drug-likeness (QED) is 0.837. The van der Waals surface area contributed by atoms with Crippen molar-refractivity contribution < 1.29 is 9.53 Å². The van der Waals surface area contributed by atoms with Gasteiger partial charge in [0.25, 0.3) is 0 Å². The van der Waals surface area contributed by atoms with Crippen molar-refractivity contribution in [3.63, 3.8) is 0 Å². The first-order valence-corrected chi connectivity index (χ1v) is 6.74. The van der Waals surface area contributed by atoms with E-state index in [4.69, 9.17) is 4.74 Å². The number of amides is 1. The molecule has 0 aromatic heterocycles. The van der Waals surface area contributed by atoms with E-state index >= 15 is 0 Å². The maximum atomic E-state index is 11.8. The van der Waals surface area contributed by atoms with Gasteiger partial charge in [0, 0.05) is 0 Å². The molecule has 1 aromatic rings. The zero-order chi connectivity index (χ0) is 15.2. The minimum atomic E-state index is -0.141. The van der Waals surface area contributed by atoms with E-state index in [0.717, 1.165) is 12.0 Å². The Morgan fingerprint density at radius 3 is 2.70 bits per heavy atom. The highest BCUT2D eigenvalue weighted by molar-refractivity contribution is 5.94. The summed E-state index contributed by atoms with van der Waals surface area (Å²) >= 11 is 0.